The molecule has 0 bridgehead atoms. The lowest BCUT2D eigenvalue weighted by Gasteiger charge is -2.27. The summed E-state index contributed by atoms with van der Waals surface area (Å²) < 4.78 is 13.1. The normalized spacial score (nSPS) is 16.4. The topological polar surface area (TPSA) is 35.6 Å². The van der Waals surface area contributed by atoms with Crippen LogP contribution in [-0.2, 0) is 4.79 Å². The van der Waals surface area contributed by atoms with Crippen LogP contribution in [0.5, 0.6) is 0 Å². The first-order valence-corrected chi connectivity index (χ1v) is 8.70. The summed E-state index contributed by atoms with van der Waals surface area (Å²) >= 11 is 0. The first-order chi connectivity index (χ1) is 12.2. The van der Waals surface area contributed by atoms with Gasteiger partial charge in [0.1, 0.15) is 11.9 Å². The summed E-state index contributed by atoms with van der Waals surface area (Å²) in [5.74, 6) is -0.121. The molecule has 0 aromatic heterocycles. The molecule has 0 aliphatic carbocycles. The first kappa shape index (κ1) is 17.4. The predicted octanol–water partition coefficient (Wildman–Crippen LogP) is 2.83. The summed E-state index contributed by atoms with van der Waals surface area (Å²) in [7, 11) is 1.82. The Bertz CT molecular complexity index is 690. The van der Waals surface area contributed by atoms with Gasteiger partial charge in [-0.3, -0.25) is 4.79 Å². The van der Waals surface area contributed by atoms with Crippen LogP contribution in [0.3, 0.4) is 0 Å². The fraction of sp³-hybridized carbons (Fsp3) is 0.350. The fourth-order valence-electron chi connectivity index (χ4n) is 3.31. The summed E-state index contributed by atoms with van der Waals surface area (Å²) in [6.07, 6.45) is 0.897. The van der Waals surface area contributed by atoms with Gasteiger partial charge in [-0.2, -0.15) is 0 Å². The molecule has 132 valence electrons. The van der Waals surface area contributed by atoms with E-state index in [1.54, 1.807) is 12.1 Å². The number of benzene rings is 2. The molecule has 1 unspecified atom stereocenters. The highest BCUT2D eigenvalue weighted by Gasteiger charge is 2.26. The standard InChI is InChI=1S/C20H24FN3O/c1-22-19(16-6-3-2-4-7-16)20(25)24-13-5-12-23(14-15-24)18-10-8-17(21)9-11-18/h2-4,6-11,19,22H,5,12-15H2,1H3. The van der Waals surface area contributed by atoms with E-state index in [0.29, 0.717) is 6.54 Å². The number of carbonyl (C=O) groups is 1. The summed E-state index contributed by atoms with van der Waals surface area (Å²) in [6, 6.07) is 16.0. The second-order valence-corrected chi connectivity index (χ2v) is 6.27. The molecule has 1 N–H and O–H groups in total. The number of hydrogen-bond donors (Lipinski definition) is 1. The third kappa shape index (κ3) is 4.17. The van der Waals surface area contributed by atoms with E-state index < -0.39 is 0 Å². The van der Waals surface area contributed by atoms with E-state index in [9.17, 15) is 9.18 Å². The molecule has 1 heterocycles. The molecular weight excluding hydrogens is 317 g/mol. The van der Waals surface area contributed by atoms with Crippen LogP contribution in [0.15, 0.2) is 54.6 Å². The van der Waals surface area contributed by atoms with E-state index >= 15 is 0 Å². The largest absolute Gasteiger partial charge is 0.370 e. The van der Waals surface area contributed by atoms with Crippen LogP contribution in [0.1, 0.15) is 18.0 Å². The van der Waals surface area contributed by atoms with E-state index in [0.717, 1.165) is 37.3 Å². The van der Waals surface area contributed by atoms with Crippen molar-refractivity contribution in [1.29, 1.82) is 0 Å². The maximum absolute atomic E-state index is 13.1. The highest BCUT2D eigenvalue weighted by molar-refractivity contribution is 5.83. The predicted molar refractivity (Wildman–Crippen MR) is 98.1 cm³/mol. The minimum absolute atomic E-state index is 0.106. The second-order valence-electron chi connectivity index (χ2n) is 6.27. The third-order valence-corrected chi connectivity index (χ3v) is 4.67. The zero-order chi connectivity index (χ0) is 17.6. The Hall–Kier alpha value is -2.40. The van der Waals surface area contributed by atoms with Crippen molar-refractivity contribution >= 4 is 11.6 Å². The Balaban J connectivity index is 1.67. The molecule has 1 aliphatic heterocycles. The molecule has 1 atom stereocenters. The molecule has 1 fully saturated rings. The van der Waals surface area contributed by atoms with Crippen LogP contribution < -0.4 is 10.2 Å². The van der Waals surface area contributed by atoms with Gasteiger partial charge in [-0.25, -0.2) is 4.39 Å². The molecule has 5 heteroatoms. The van der Waals surface area contributed by atoms with Gasteiger partial charge in [-0.1, -0.05) is 30.3 Å². The van der Waals surface area contributed by atoms with E-state index in [-0.39, 0.29) is 17.8 Å². The van der Waals surface area contributed by atoms with Crippen LogP contribution in [0, 0.1) is 5.82 Å². The van der Waals surface area contributed by atoms with Crippen LogP contribution in [0.2, 0.25) is 0 Å². The Morgan fingerprint density at radius 1 is 1.00 bits per heavy atom. The Labute approximate surface area is 148 Å². The zero-order valence-corrected chi connectivity index (χ0v) is 14.5. The highest BCUT2D eigenvalue weighted by Crippen LogP contribution is 2.20. The number of halogens is 1. The SMILES string of the molecule is CNC(C(=O)N1CCCN(c2ccc(F)cc2)CC1)c1ccccc1. The monoisotopic (exact) mass is 341 g/mol. The number of anilines is 1. The van der Waals surface area contributed by atoms with Gasteiger partial charge < -0.3 is 15.1 Å². The molecule has 1 aliphatic rings. The average Bonchev–Trinajstić information content (AvgIpc) is 2.90. The van der Waals surface area contributed by atoms with E-state index in [1.165, 1.54) is 12.1 Å². The maximum atomic E-state index is 13.1. The molecule has 2 aromatic rings. The number of nitrogens with zero attached hydrogens (tertiary/aromatic N) is 2. The van der Waals surface area contributed by atoms with Gasteiger partial charge in [0, 0.05) is 31.9 Å². The van der Waals surface area contributed by atoms with Crippen molar-refractivity contribution in [2.24, 2.45) is 0 Å². The second kappa shape index (κ2) is 8.12. The van der Waals surface area contributed by atoms with Gasteiger partial charge in [0.15, 0.2) is 0 Å². The van der Waals surface area contributed by atoms with E-state index in [1.807, 2.05) is 42.3 Å². The highest BCUT2D eigenvalue weighted by atomic mass is 19.1. The van der Waals surface area contributed by atoms with Gasteiger partial charge in [-0.15, -0.1) is 0 Å². The molecule has 25 heavy (non-hydrogen) atoms. The van der Waals surface area contributed by atoms with Crippen LogP contribution >= 0.6 is 0 Å². The Morgan fingerprint density at radius 2 is 1.72 bits per heavy atom. The molecule has 0 spiro atoms. The van der Waals surface area contributed by atoms with Crippen molar-refractivity contribution in [3.63, 3.8) is 0 Å². The van der Waals surface area contributed by atoms with Crippen molar-refractivity contribution in [2.45, 2.75) is 12.5 Å². The molecule has 1 saturated heterocycles. The van der Waals surface area contributed by atoms with Crippen molar-refractivity contribution in [1.82, 2.24) is 10.2 Å². The van der Waals surface area contributed by atoms with Crippen molar-refractivity contribution in [3.05, 3.63) is 66.0 Å². The van der Waals surface area contributed by atoms with E-state index in [2.05, 4.69) is 10.2 Å². The lowest BCUT2D eigenvalue weighted by Crippen LogP contribution is -2.41. The molecule has 4 nitrogen and oxygen atoms in total. The number of amides is 1. The van der Waals surface area contributed by atoms with E-state index in [4.69, 9.17) is 0 Å². The Morgan fingerprint density at radius 3 is 2.40 bits per heavy atom. The molecule has 0 radical (unpaired) electrons. The minimum Gasteiger partial charge on any atom is -0.370 e. The maximum Gasteiger partial charge on any atom is 0.244 e. The number of likely N-dealkylation sites (N-methyl/N-ethyl adjacent to an activating group) is 1. The van der Waals surface area contributed by atoms with Crippen LogP contribution in [-0.4, -0.2) is 44.0 Å². The molecule has 3 rings (SSSR count). The summed E-state index contributed by atoms with van der Waals surface area (Å²) in [6.45, 7) is 3.02. The molecular formula is C20H24FN3O. The van der Waals surface area contributed by atoms with Crippen LogP contribution in [0.4, 0.5) is 10.1 Å². The molecule has 0 saturated carbocycles. The molecule has 1 amide bonds. The smallest absolute Gasteiger partial charge is 0.244 e. The van der Waals surface area contributed by atoms with Crippen LogP contribution in [0.25, 0.3) is 0 Å². The number of rotatable bonds is 4. The van der Waals surface area contributed by atoms with Gasteiger partial charge in [0.05, 0.1) is 0 Å². The zero-order valence-electron chi connectivity index (χ0n) is 14.5. The summed E-state index contributed by atoms with van der Waals surface area (Å²) in [4.78, 5) is 17.1. The fourth-order valence-corrected chi connectivity index (χ4v) is 3.31. The lowest BCUT2D eigenvalue weighted by molar-refractivity contribution is -0.133. The van der Waals surface area contributed by atoms with Crippen molar-refractivity contribution < 1.29 is 9.18 Å². The Kier molecular flexibility index (Phi) is 5.66. The van der Waals surface area contributed by atoms with Gasteiger partial charge in [0.2, 0.25) is 5.91 Å². The number of hydrogen-bond acceptors (Lipinski definition) is 3. The van der Waals surface area contributed by atoms with Gasteiger partial charge >= 0.3 is 0 Å². The van der Waals surface area contributed by atoms with Gasteiger partial charge in [0.25, 0.3) is 0 Å². The summed E-state index contributed by atoms with van der Waals surface area (Å²) in [5.41, 5.74) is 1.98. The van der Waals surface area contributed by atoms with Crippen molar-refractivity contribution in [3.8, 4) is 0 Å². The molecule has 2 aromatic carbocycles. The average molecular weight is 341 g/mol. The minimum atomic E-state index is -0.321. The number of nitrogens with one attached hydrogen (secondary N) is 1. The van der Waals surface area contributed by atoms with Crippen molar-refractivity contribution in [2.75, 3.05) is 38.1 Å². The third-order valence-electron chi connectivity index (χ3n) is 4.67. The van der Waals surface area contributed by atoms with Gasteiger partial charge in [-0.05, 0) is 43.3 Å². The lowest BCUT2D eigenvalue weighted by atomic mass is 10.1. The number of carbonyl (C=O) groups excluding carboxylic acids is 1. The quantitative estimate of drug-likeness (QED) is 0.929. The first-order valence-electron chi connectivity index (χ1n) is 8.70. The summed E-state index contributed by atoms with van der Waals surface area (Å²) in [5, 5.41) is 3.14.